The first-order valence-corrected chi connectivity index (χ1v) is 19.1. The Labute approximate surface area is 315 Å². The molecule has 3 heterocycles. The minimum atomic E-state index is 0.501. The number of benzene rings is 8. The van der Waals surface area contributed by atoms with Gasteiger partial charge in [0.05, 0.1) is 11.2 Å². The van der Waals surface area contributed by atoms with Crippen LogP contribution in [0.4, 0.5) is 0 Å². The number of fused-ring (bicyclic) bond motifs is 11. The third kappa shape index (κ3) is 4.81. The number of thiophene rings is 1. The predicted octanol–water partition coefficient (Wildman–Crippen LogP) is 14.1. The number of furan rings is 1. The SMILES string of the molecule is C=C(Cc1nc(-c2ccc3oc4ccccc4c3c2)c2ccc3ccccc3c2n1)c1cc2sc3ccc4ccccc4c3c2cc1-c1ccccc1C. The summed E-state index contributed by atoms with van der Waals surface area (Å²) in [7, 11) is 0. The highest BCUT2D eigenvalue weighted by Gasteiger charge is 2.20. The van der Waals surface area contributed by atoms with E-state index in [0.717, 1.165) is 71.8 Å². The standard InChI is InChI=1S/C50H32N2OS/c1-29-11-3-6-14-34(29)40-27-42-46(54-45-24-21-31-12-4-7-15-35(31)48(42)45)28-39(40)30(2)25-47-51-49(38-22-19-32-13-5-8-16-36(32)50(38)52-47)33-20-23-44-41(26-33)37-17-9-10-18-43(37)53-44/h3-24,26-28H,2,25H2,1H3. The fraction of sp³-hybridized carbons (Fsp3) is 0.0400. The van der Waals surface area contributed by atoms with Crippen LogP contribution < -0.4 is 0 Å². The maximum absolute atomic E-state index is 6.20. The molecule has 0 spiro atoms. The third-order valence-corrected chi connectivity index (χ3v) is 12.1. The second-order valence-corrected chi connectivity index (χ2v) is 15.3. The number of rotatable bonds is 5. The topological polar surface area (TPSA) is 38.9 Å². The Balaban J connectivity index is 1.11. The predicted molar refractivity (Wildman–Crippen MR) is 230 cm³/mol. The average Bonchev–Trinajstić information content (AvgIpc) is 3.78. The molecule has 54 heavy (non-hydrogen) atoms. The first-order valence-electron chi connectivity index (χ1n) is 18.3. The van der Waals surface area contributed by atoms with Gasteiger partial charge in [0.15, 0.2) is 0 Å². The normalized spacial score (nSPS) is 11.9. The molecule has 0 radical (unpaired) electrons. The summed E-state index contributed by atoms with van der Waals surface area (Å²) in [5, 5.41) is 10.6. The van der Waals surface area contributed by atoms with Gasteiger partial charge in [-0.15, -0.1) is 11.3 Å². The van der Waals surface area contributed by atoms with Crippen LogP contribution in [0.25, 0.3) is 103 Å². The molecule has 0 atom stereocenters. The molecule has 0 saturated carbocycles. The average molecular weight is 709 g/mol. The van der Waals surface area contributed by atoms with Gasteiger partial charge in [0.2, 0.25) is 0 Å². The largest absolute Gasteiger partial charge is 0.456 e. The lowest BCUT2D eigenvalue weighted by Crippen LogP contribution is -2.02. The van der Waals surface area contributed by atoms with Gasteiger partial charge in [-0.05, 0) is 99.4 Å². The molecule has 0 amide bonds. The van der Waals surface area contributed by atoms with Crippen molar-refractivity contribution in [3.63, 3.8) is 0 Å². The van der Waals surface area contributed by atoms with Gasteiger partial charge in [-0.25, -0.2) is 9.97 Å². The number of hydrogen-bond acceptors (Lipinski definition) is 4. The van der Waals surface area contributed by atoms with Crippen LogP contribution in [0.15, 0.2) is 163 Å². The van der Waals surface area contributed by atoms with E-state index in [0.29, 0.717) is 6.42 Å². The summed E-state index contributed by atoms with van der Waals surface area (Å²) in [6.45, 7) is 6.96. The molecular formula is C50H32N2OS. The van der Waals surface area contributed by atoms with Gasteiger partial charge in [-0.1, -0.05) is 110 Å². The zero-order valence-corrected chi connectivity index (χ0v) is 30.4. The van der Waals surface area contributed by atoms with E-state index in [1.807, 2.05) is 23.5 Å². The molecule has 8 aromatic carbocycles. The minimum absolute atomic E-state index is 0.501. The third-order valence-electron chi connectivity index (χ3n) is 11.0. The van der Waals surface area contributed by atoms with Crippen LogP contribution in [0, 0.1) is 6.92 Å². The summed E-state index contributed by atoms with van der Waals surface area (Å²) < 4.78 is 8.74. The lowest BCUT2D eigenvalue weighted by molar-refractivity contribution is 0.669. The lowest BCUT2D eigenvalue weighted by Gasteiger charge is -2.16. The zero-order chi connectivity index (χ0) is 35.9. The quantitative estimate of drug-likeness (QED) is 0.167. The highest BCUT2D eigenvalue weighted by Crippen LogP contribution is 2.44. The molecule has 0 N–H and O–H groups in total. The van der Waals surface area contributed by atoms with Crippen LogP contribution >= 0.6 is 11.3 Å². The van der Waals surface area contributed by atoms with Crippen LogP contribution in [-0.4, -0.2) is 9.97 Å². The smallest absolute Gasteiger partial charge is 0.135 e. The van der Waals surface area contributed by atoms with E-state index in [9.17, 15) is 0 Å². The maximum atomic E-state index is 6.20. The van der Waals surface area contributed by atoms with Crippen molar-refractivity contribution < 1.29 is 4.42 Å². The van der Waals surface area contributed by atoms with Gasteiger partial charge in [0, 0.05) is 53.7 Å². The Morgan fingerprint density at radius 2 is 1.30 bits per heavy atom. The van der Waals surface area contributed by atoms with E-state index in [4.69, 9.17) is 21.0 Å². The second kappa shape index (κ2) is 12.0. The van der Waals surface area contributed by atoms with Crippen molar-refractivity contribution in [3.8, 4) is 22.4 Å². The first-order chi connectivity index (χ1) is 26.6. The van der Waals surface area contributed by atoms with Gasteiger partial charge in [-0.2, -0.15) is 0 Å². The highest BCUT2D eigenvalue weighted by atomic mass is 32.1. The van der Waals surface area contributed by atoms with Gasteiger partial charge < -0.3 is 4.42 Å². The van der Waals surface area contributed by atoms with Gasteiger partial charge >= 0.3 is 0 Å². The molecule has 254 valence electrons. The molecule has 0 aliphatic heterocycles. The van der Waals surface area contributed by atoms with Crippen LogP contribution in [0.2, 0.25) is 0 Å². The molecule has 0 aliphatic carbocycles. The molecule has 0 bridgehead atoms. The summed E-state index contributed by atoms with van der Waals surface area (Å²) in [6.07, 6.45) is 0.501. The summed E-state index contributed by atoms with van der Waals surface area (Å²) >= 11 is 1.85. The molecule has 11 rings (SSSR count). The molecule has 0 saturated heterocycles. The van der Waals surface area contributed by atoms with Crippen LogP contribution in [0.3, 0.4) is 0 Å². The number of aromatic nitrogens is 2. The Kier molecular flexibility index (Phi) is 6.85. The van der Waals surface area contributed by atoms with E-state index < -0.39 is 0 Å². The van der Waals surface area contributed by atoms with Crippen molar-refractivity contribution in [1.29, 1.82) is 0 Å². The Morgan fingerprint density at radius 1 is 0.574 bits per heavy atom. The number of para-hydroxylation sites is 1. The molecule has 0 fully saturated rings. The molecule has 0 unspecified atom stereocenters. The van der Waals surface area contributed by atoms with Crippen LogP contribution in [0.1, 0.15) is 17.0 Å². The second-order valence-electron chi connectivity index (χ2n) is 14.2. The lowest BCUT2D eigenvalue weighted by atomic mass is 9.89. The van der Waals surface area contributed by atoms with E-state index in [2.05, 4.69) is 146 Å². The van der Waals surface area contributed by atoms with Crippen molar-refractivity contribution in [2.45, 2.75) is 13.3 Å². The molecular weight excluding hydrogens is 677 g/mol. The van der Waals surface area contributed by atoms with Gasteiger partial charge in [-0.3, -0.25) is 0 Å². The molecule has 3 aromatic heterocycles. The number of aryl methyl sites for hydroxylation is 1. The highest BCUT2D eigenvalue weighted by molar-refractivity contribution is 7.26. The molecule has 4 heteroatoms. The van der Waals surface area contributed by atoms with Gasteiger partial charge in [0.1, 0.15) is 17.0 Å². The molecule has 3 nitrogen and oxygen atoms in total. The van der Waals surface area contributed by atoms with Crippen molar-refractivity contribution in [2.75, 3.05) is 0 Å². The van der Waals surface area contributed by atoms with E-state index in [-0.39, 0.29) is 0 Å². The number of hydrogen-bond donors (Lipinski definition) is 0. The number of nitrogens with zero attached hydrogens (tertiary/aromatic N) is 2. The van der Waals surface area contributed by atoms with Crippen molar-refractivity contribution in [2.24, 2.45) is 0 Å². The Hall–Kier alpha value is -6.62. The minimum Gasteiger partial charge on any atom is -0.456 e. The van der Waals surface area contributed by atoms with E-state index >= 15 is 0 Å². The fourth-order valence-electron chi connectivity index (χ4n) is 8.35. The molecule has 0 aliphatic rings. The maximum Gasteiger partial charge on any atom is 0.135 e. The monoisotopic (exact) mass is 708 g/mol. The Morgan fingerprint density at radius 3 is 2.17 bits per heavy atom. The van der Waals surface area contributed by atoms with Crippen molar-refractivity contribution in [1.82, 2.24) is 9.97 Å². The van der Waals surface area contributed by atoms with Crippen molar-refractivity contribution in [3.05, 3.63) is 175 Å². The summed E-state index contributed by atoms with van der Waals surface area (Å²) in [5.74, 6) is 0.745. The first kappa shape index (κ1) is 31.0. The fourth-order valence-corrected chi connectivity index (χ4v) is 9.49. The van der Waals surface area contributed by atoms with Crippen LogP contribution in [-0.2, 0) is 6.42 Å². The summed E-state index contributed by atoms with van der Waals surface area (Å²) in [5.41, 5.74) is 10.4. The van der Waals surface area contributed by atoms with E-state index in [1.165, 1.54) is 47.6 Å². The Bertz CT molecular complexity index is 3350. The zero-order valence-electron chi connectivity index (χ0n) is 29.6. The number of allylic oxidation sites excluding steroid dienone is 1. The van der Waals surface area contributed by atoms with E-state index in [1.54, 1.807) is 0 Å². The van der Waals surface area contributed by atoms with Crippen molar-refractivity contribution >= 4 is 91.5 Å². The molecule has 11 aromatic rings. The summed E-state index contributed by atoms with van der Waals surface area (Å²) in [6, 6.07) is 54.0. The van der Waals surface area contributed by atoms with Crippen LogP contribution in [0.5, 0.6) is 0 Å². The van der Waals surface area contributed by atoms with Gasteiger partial charge in [0.25, 0.3) is 0 Å². The summed E-state index contributed by atoms with van der Waals surface area (Å²) in [4.78, 5) is 10.7.